The van der Waals surface area contributed by atoms with Crippen LogP contribution in [0.1, 0.15) is 45.4 Å². The standard InChI is InChI=1S/C10H18O2/c1-3-10(6-4-5-7-10)8-9(11)12-2/h3-8H2,1-2H3. The van der Waals surface area contributed by atoms with E-state index in [4.69, 9.17) is 4.74 Å². The molecule has 1 rings (SSSR count). The maximum absolute atomic E-state index is 11.1. The first-order valence-electron chi connectivity index (χ1n) is 4.79. The summed E-state index contributed by atoms with van der Waals surface area (Å²) >= 11 is 0. The van der Waals surface area contributed by atoms with Gasteiger partial charge in [-0.15, -0.1) is 0 Å². The summed E-state index contributed by atoms with van der Waals surface area (Å²) in [6.45, 7) is 2.17. The van der Waals surface area contributed by atoms with Gasteiger partial charge in [0.15, 0.2) is 0 Å². The van der Waals surface area contributed by atoms with Crippen molar-refractivity contribution in [1.82, 2.24) is 0 Å². The van der Waals surface area contributed by atoms with Crippen LogP contribution in [0.15, 0.2) is 0 Å². The molecule has 0 aromatic heterocycles. The molecule has 0 unspecified atom stereocenters. The fourth-order valence-corrected chi connectivity index (χ4v) is 2.16. The van der Waals surface area contributed by atoms with Crippen molar-refractivity contribution >= 4 is 5.97 Å². The Morgan fingerprint density at radius 1 is 1.42 bits per heavy atom. The topological polar surface area (TPSA) is 26.3 Å². The Balaban J connectivity index is 2.49. The zero-order valence-electron chi connectivity index (χ0n) is 8.06. The van der Waals surface area contributed by atoms with E-state index >= 15 is 0 Å². The SMILES string of the molecule is CCC1(CC(=O)OC)CCCC1. The van der Waals surface area contributed by atoms with Crippen LogP contribution in [-0.4, -0.2) is 13.1 Å². The predicted molar refractivity (Wildman–Crippen MR) is 47.8 cm³/mol. The van der Waals surface area contributed by atoms with E-state index in [1.54, 1.807) is 0 Å². The highest BCUT2D eigenvalue weighted by atomic mass is 16.5. The van der Waals surface area contributed by atoms with Crippen molar-refractivity contribution in [3.05, 3.63) is 0 Å². The molecule has 1 aliphatic carbocycles. The molecule has 0 spiro atoms. The van der Waals surface area contributed by atoms with Gasteiger partial charge >= 0.3 is 5.97 Å². The highest BCUT2D eigenvalue weighted by Crippen LogP contribution is 2.43. The summed E-state index contributed by atoms with van der Waals surface area (Å²) < 4.78 is 4.70. The smallest absolute Gasteiger partial charge is 0.306 e. The summed E-state index contributed by atoms with van der Waals surface area (Å²) in [5.74, 6) is -0.0428. The van der Waals surface area contributed by atoms with Crippen molar-refractivity contribution in [2.24, 2.45) is 5.41 Å². The largest absolute Gasteiger partial charge is 0.469 e. The Kier molecular flexibility index (Phi) is 3.12. The van der Waals surface area contributed by atoms with Crippen LogP contribution >= 0.6 is 0 Å². The lowest BCUT2D eigenvalue weighted by Gasteiger charge is -2.25. The average Bonchev–Trinajstić information content (AvgIpc) is 2.54. The zero-order chi connectivity index (χ0) is 9.03. The first-order valence-corrected chi connectivity index (χ1v) is 4.79. The fraction of sp³-hybridized carbons (Fsp3) is 0.900. The van der Waals surface area contributed by atoms with Gasteiger partial charge in [-0.05, 0) is 24.7 Å². The molecule has 0 N–H and O–H groups in total. The van der Waals surface area contributed by atoms with Crippen molar-refractivity contribution in [1.29, 1.82) is 0 Å². The summed E-state index contributed by atoms with van der Waals surface area (Å²) in [7, 11) is 1.47. The Labute approximate surface area is 74.3 Å². The van der Waals surface area contributed by atoms with E-state index in [1.807, 2.05) is 0 Å². The zero-order valence-corrected chi connectivity index (χ0v) is 8.06. The number of hydrogen-bond acceptors (Lipinski definition) is 2. The molecule has 1 fully saturated rings. The highest BCUT2D eigenvalue weighted by Gasteiger charge is 2.34. The van der Waals surface area contributed by atoms with Crippen molar-refractivity contribution < 1.29 is 9.53 Å². The highest BCUT2D eigenvalue weighted by molar-refractivity contribution is 5.70. The number of rotatable bonds is 3. The summed E-state index contributed by atoms with van der Waals surface area (Å²) in [5.41, 5.74) is 0.285. The third-order valence-corrected chi connectivity index (χ3v) is 3.16. The number of carbonyl (C=O) groups is 1. The summed E-state index contributed by atoms with van der Waals surface area (Å²) in [6, 6.07) is 0. The molecule has 70 valence electrons. The van der Waals surface area contributed by atoms with Gasteiger partial charge in [-0.3, -0.25) is 4.79 Å². The normalized spacial score (nSPS) is 20.8. The van der Waals surface area contributed by atoms with Gasteiger partial charge in [0.25, 0.3) is 0 Å². The molecule has 12 heavy (non-hydrogen) atoms. The second kappa shape index (κ2) is 3.92. The summed E-state index contributed by atoms with van der Waals surface area (Å²) in [5, 5.41) is 0. The van der Waals surface area contributed by atoms with Gasteiger partial charge in [-0.1, -0.05) is 19.8 Å². The fourth-order valence-electron chi connectivity index (χ4n) is 2.16. The molecule has 0 heterocycles. The third-order valence-electron chi connectivity index (χ3n) is 3.16. The number of carbonyl (C=O) groups excluding carboxylic acids is 1. The van der Waals surface area contributed by atoms with Gasteiger partial charge in [0.05, 0.1) is 13.5 Å². The molecular weight excluding hydrogens is 152 g/mol. The van der Waals surface area contributed by atoms with Gasteiger partial charge < -0.3 is 4.74 Å². The maximum Gasteiger partial charge on any atom is 0.306 e. The molecule has 0 amide bonds. The molecule has 0 saturated heterocycles. The third kappa shape index (κ3) is 1.99. The first kappa shape index (κ1) is 9.56. The Hall–Kier alpha value is -0.530. The molecule has 0 bridgehead atoms. The quantitative estimate of drug-likeness (QED) is 0.608. The van der Waals surface area contributed by atoms with Crippen LogP contribution in [0.4, 0.5) is 0 Å². The van der Waals surface area contributed by atoms with Crippen LogP contribution in [0, 0.1) is 5.41 Å². The molecule has 2 heteroatoms. The number of methoxy groups -OCH3 is 1. The maximum atomic E-state index is 11.1. The van der Waals surface area contributed by atoms with Crippen LogP contribution in [-0.2, 0) is 9.53 Å². The van der Waals surface area contributed by atoms with Gasteiger partial charge in [-0.25, -0.2) is 0 Å². The van der Waals surface area contributed by atoms with Crippen molar-refractivity contribution in [2.75, 3.05) is 7.11 Å². The van der Waals surface area contributed by atoms with Crippen LogP contribution in [0.3, 0.4) is 0 Å². The van der Waals surface area contributed by atoms with E-state index in [2.05, 4.69) is 6.92 Å². The number of ether oxygens (including phenoxy) is 1. The minimum atomic E-state index is -0.0428. The van der Waals surface area contributed by atoms with E-state index in [-0.39, 0.29) is 11.4 Å². The van der Waals surface area contributed by atoms with E-state index in [0.717, 1.165) is 6.42 Å². The van der Waals surface area contributed by atoms with Crippen LogP contribution < -0.4 is 0 Å². The van der Waals surface area contributed by atoms with Gasteiger partial charge in [-0.2, -0.15) is 0 Å². The molecule has 0 atom stereocenters. The van der Waals surface area contributed by atoms with Crippen molar-refractivity contribution in [3.63, 3.8) is 0 Å². The Morgan fingerprint density at radius 3 is 2.42 bits per heavy atom. The predicted octanol–water partition coefficient (Wildman–Crippen LogP) is 2.52. The number of esters is 1. The first-order chi connectivity index (χ1) is 5.72. The lowest BCUT2D eigenvalue weighted by molar-refractivity contribution is -0.143. The van der Waals surface area contributed by atoms with E-state index in [9.17, 15) is 4.79 Å². The second-order valence-corrected chi connectivity index (χ2v) is 3.81. The molecule has 0 aromatic rings. The van der Waals surface area contributed by atoms with Gasteiger partial charge in [0.2, 0.25) is 0 Å². The summed E-state index contributed by atoms with van der Waals surface area (Å²) in [4.78, 5) is 11.1. The molecule has 0 radical (unpaired) electrons. The Bertz CT molecular complexity index is 157. The number of hydrogen-bond donors (Lipinski definition) is 0. The van der Waals surface area contributed by atoms with E-state index < -0.39 is 0 Å². The average molecular weight is 170 g/mol. The molecular formula is C10H18O2. The van der Waals surface area contributed by atoms with E-state index in [0.29, 0.717) is 6.42 Å². The lowest BCUT2D eigenvalue weighted by Crippen LogP contribution is -2.20. The van der Waals surface area contributed by atoms with Gasteiger partial charge in [0.1, 0.15) is 0 Å². The minimum Gasteiger partial charge on any atom is -0.469 e. The molecule has 1 aliphatic rings. The van der Waals surface area contributed by atoms with Crippen molar-refractivity contribution in [2.45, 2.75) is 45.4 Å². The van der Waals surface area contributed by atoms with Crippen LogP contribution in [0.5, 0.6) is 0 Å². The van der Waals surface area contributed by atoms with E-state index in [1.165, 1.54) is 32.8 Å². The van der Waals surface area contributed by atoms with Gasteiger partial charge in [0, 0.05) is 0 Å². The molecule has 0 aromatic carbocycles. The van der Waals surface area contributed by atoms with Crippen LogP contribution in [0.25, 0.3) is 0 Å². The Morgan fingerprint density at radius 2 is 2.00 bits per heavy atom. The lowest BCUT2D eigenvalue weighted by atomic mass is 9.80. The molecule has 1 saturated carbocycles. The molecule has 0 aliphatic heterocycles. The van der Waals surface area contributed by atoms with Crippen LogP contribution in [0.2, 0.25) is 0 Å². The monoisotopic (exact) mass is 170 g/mol. The summed E-state index contributed by atoms with van der Waals surface area (Å²) in [6.07, 6.45) is 6.72. The second-order valence-electron chi connectivity index (χ2n) is 3.81. The van der Waals surface area contributed by atoms with Crippen molar-refractivity contribution in [3.8, 4) is 0 Å². The molecule has 2 nitrogen and oxygen atoms in total. The minimum absolute atomic E-state index is 0.0428.